The zero-order chi connectivity index (χ0) is 19.9. The molecule has 0 saturated carbocycles. The van der Waals surface area contributed by atoms with Gasteiger partial charge in [-0.25, -0.2) is 4.98 Å². The number of hydrogen-bond donors (Lipinski definition) is 1. The molecule has 0 saturated heterocycles. The number of hydrogen-bond acceptors (Lipinski definition) is 4. The van der Waals surface area contributed by atoms with E-state index in [1.165, 1.54) is 29.5 Å². The SMILES string of the molecule is Cc1nc(/C=C/C(=O)NC(c2ccccc2)c2ccc(OC(F)F)cc2)cs1. The summed E-state index contributed by atoms with van der Waals surface area (Å²) in [5, 5.41) is 5.74. The second-order valence-electron chi connectivity index (χ2n) is 5.92. The van der Waals surface area contributed by atoms with Crippen molar-refractivity contribution in [1.82, 2.24) is 10.3 Å². The first-order valence-corrected chi connectivity index (χ1v) is 9.39. The molecule has 0 bridgehead atoms. The van der Waals surface area contributed by atoms with E-state index >= 15 is 0 Å². The van der Waals surface area contributed by atoms with Gasteiger partial charge in [0.25, 0.3) is 0 Å². The lowest BCUT2D eigenvalue weighted by atomic mass is 9.98. The molecule has 0 aliphatic rings. The predicted octanol–water partition coefficient (Wildman–Crippen LogP) is 4.97. The predicted molar refractivity (Wildman–Crippen MR) is 105 cm³/mol. The Balaban J connectivity index is 1.79. The van der Waals surface area contributed by atoms with Crippen molar-refractivity contribution in [3.8, 4) is 5.75 Å². The van der Waals surface area contributed by atoms with Gasteiger partial charge in [-0.15, -0.1) is 11.3 Å². The van der Waals surface area contributed by atoms with E-state index in [9.17, 15) is 13.6 Å². The van der Waals surface area contributed by atoms with Crippen molar-refractivity contribution in [3.63, 3.8) is 0 Å². The number of carbonyl (C=O) groups excluding carboxylic acids is 1. The van der Waals surface area contributed by atoms with Crippen molar-refractivity contribution in [2.75, 3.05) is 0 Å². The number of nitrogens with zero attached hydrogens (tertiary/aromatic N) is 1. The highest BCUT2D eigenvalue weighted by molar-refractivity contribution is 7.09. The largest absolute Gasteiger partial charge is 0.435 e. The molecular formula is C21H18F2N2O2S. The van der Waals surface area contributed by atoms with Crippen LogP contribution in [-0.2, 0) is 4.79 Å². The average molecular weight is 400 g/mol. The highest BCUT2D eigenvalue weighted by Gasteiger charge is 2.16. The van der Waals surface area contributed by atoms with Crippen molar-refractivity contribution in [2.45, 2.75) is 19.6 Å². The highest BCUT2D eigenvalue weighted by atomic mass is 32.1. The molecule has 2 aromatic carbocycles. The number of aromatic nitrogens is 1. The Morgan fingerprint density at radius 3 is 2.39 bits per heavy atom. The molecule has 144 valence electrons. The minimum Gasteiger partial charge on any atom is -0.435 e. The molecule has 3 aromatic rings. The van der Waals surface area contributed by atoms with Gasteiger partial charge in [0.05, 0.1) is 16.7 Å². The lowest BCUT2D eigenvalue weighted by molar-refractivity contribution is -0.116. The summed E-state index contributed by atoms with van der Waals surface area (Å²) in [7, 11) is 0. The number of rotatable bonds is 7. The Labute approximate surface area is 165 Å². The first-order valence-electron chi connectivity index (χ1n) is 8.51. The number of halogens is 2. The molecule has 28 heavy (non-hydrogen) atoms. The molecule has 1 amide bonds. The van der Waals surface area contributed by atoms with Crippen LogP contribution in [0.4, 0.5) is 8.78 Å². The highest BCUT2D eigenvalue weighted by Crippen LogP contribution is 2.25. The van der Waals surface area contributed by atoms with Gasteiger partial charge in [-0.2, -0.15) is 8.78 Å². The molecule has 0 aliphatic heterocycles. The summed E-state index contributed by atoms with van der Waals surface area (Å²) in [5.74, 6) is -0.219. The fraction of sp³-hybridized carbons (Fsp3) is 0.143. The van der Waals surface area contributed by atoms with E-state index in [0.29, 0.717) is 0 Å². The van der Waals surface area contributed by atoms with Crippen molar-refractivity contribution in [2.24, 2.45) is 0 Å². The van der Waals surface area contributed by atoms with Crippen LogP contribution < -0.4 is 10.1 Å². The number of benzene rings is 2. The molecule has 4 nitrogen and oxygen atoms in total. The molecule has 1 unspecified atom stereocenters. The van der Waals surface area contributed by atoms with Crippen LogP contribution in [0, 0.1) is 6.92 Å². The van der Waals surface area contributed by atoms with Crippen molar-refractivity contribution in [3.05, 3.63) is 87.9 Å². The molecule has 1 N–H and O–H groups in total. The van der Waals surface area contributed by atoms with Crippen molar-refractivity contribution < 1.29 is 18.3 Å². The van der Waals surface area contributed by atoms with Gasteiger partial charge in [0.1, 0.15) is 5.75 Å². The van der Waals surface area contributed by atoms with Crippen LogP contribution in [0.5, 0.6) is 5.75 Å². The molecule has 0 fully saturated rings. The molecule has 0 radical (unpaired) electrons. The molecule has 0 aliphatic carbocycles. The second kappa shape index (κ2) is 9.23. The molecule has 3 rings (SSSR count). The smallest absolute Gasteiger partial charge is 0.387 e. The van der Waals surface area contributed by atoms with Gasteiger partial charge >= 0.3 is 6.61 Å². The number of ether oxygens (including phenoxy) is 1. The van der Waals surface area contributed by atoms with E-state index in [1.807, 2.05) is 42.6 Å². The lowest BCUT2D eigenvalue weighted by Crippen LogP contribution is -2.27. The van der Waals surface area contributed by atoms with Gasteiger partial charge in [-0.3, -0.25) is 4.79 Å². The van der Waals surface area contributed by atoms with Crippen LogP contribution >= 0.6 is 11.3 Å². The summed E-state index contributed by atoms with van der Waals surface area (Å²) in [6, 6.07) is 15.2. The van der Waals surface area contributed by atoms with Crippen molar-refractivity contribution in [1.29, 1.82) is 0 Å². The Morgan fingerprint density at radius 2 is 1.79 bits per heavy atom. The zero-order valence-electron chi connectivity index (χ0n) is 15.0. The second-order valence-corrected chi connectivity index (χ2v) is 6.99. The van der Waals surface area contributed by atoms with Crippen LogP contribution in [0.15, 0.2) is 66.1 Å². The van der Waals surface area contributed by atoms with Gasteiger partial charge in [0.15, 0.2) is 0 Å². The maximum absolute atomic E-state index is 12.4. The number of carbonyl (C=O) groups is 1. The fourth-order valence-corrected chi connectivity index (χ4v) is 3.24. The number of amides is 1. The maximum Gasteiger partial charge on any atom is 0.387 e. The Kier molecular flexibility index (Phi) is 6.49. The van der Waals surface area contributed by atoms with Gasteiger partial charge in [0, 0.05) is 11.5 Å². The topological polar surface area (TPSA) is 51.2 Å². The van der Waals surface area contributed by atoms with Crippen LogP contribution in [-0.4, -0.2) is 17.5 Å². The third kappa shape index (κ3) is 5.47. The normalized spacial score (nSPS) is 12.3. The fourth-order valence-electron chi connectivity index (χ4n) is 2.65. The monoisotopic (exact) mass is 400 g/mol. The third-order valence-electron chi connectivity index (χ3n) is 3.90. The maximum atomic E-state index is 12.4. The minimum absolute atomic E-state index is 0.0655. The van der Waals surface area contributed by atoms with Crippen LogP contribution in [0.3, 0.4) is 0 Å². The average Bonchev–Trinajstić information content (AvgIpc) is 3.11. The summed E-state index contributed by atoms with van der Waals surface area (Å²) < 4.78 is 29.1. The Morgan fingerprint density at radius 1 is 1.11 bits per heavy atom. The Bertz CT molecular complexity index is 941. The summed E-state index contributed by atoms with van der Waals surface area (Å²) in [5.41, 5.74) is 2.35. The molecular weight excluding hydrogens is 382 g/mol. The standard InChI is InChI=1S/C21H18F2N2O2S/c1-14-24-17(13-28-14)9-12-19(26)25-20(15-5-3-2-4-6-15)16-7-10-18(11-8-16)27-21(22)23/h2-13,20-21H,1H3,(H,25,26)/b12-9+. The lowest BCUT2D eigenvalue weighted by Gasteiger charge is -2.19. The van der Waals surface area contributed by atoms with Crippen molar-refractivity contribution >= 4 is 23.3 Å². The minimum atomic E-state index is -2.88. The summed E-state index contributed by atoms with van der Waals surface area (Å²) in [4.78, 5) is 16.7. The van der Waals surface area contributed by atoms with Crippen LogP contribution in [0.25, 0.3) is 6.08 Å². The summed E-state index contributed by atoms with van der Waals surface area (Å²) in [6.07, 6.45) is 3.08. The van der Waals surface area contributed by atoms with Gasteiger partial charge < -0.3 is 10.1 Å². The number of thiazole rings is 1. The molecule has 1 atom stereocenters. The van der Waals surface area contributed by atoms with Gasteiger partial charge in [-0.1, -0.05) is 42.5 Å². The summed E-state index contributed by atoms with van der Waals surface area (Å²) >= 11 is 1.51. The third-order valence-corrected chi connectivity index (χ3v) is 4.69. The van der Waals surface area contributed by atoms with E-state index in [4.69, 9.17) is 0 Å². The first-order chi connectivity index (χ1) is 13.5. The van der Waals surface area contributed by atoms with E-state index < -0.39 is 12.7 Å². The molecule has 0 spiro atoms. The van der Waals surface area contributed by atoms with Crippen LogP contribution in [0.1, 0.15) is 27.9 Å². The Hall–Kier alpha value is -3.06. The quantitative estimate of drug-likeness (QED) is 0.570. The van der Waals surface area contributed by atoms with E-state index in [2.05, 4.69) is 15.0 Å². The first kappa shape index (κ1) is 19.7. The van der Waals surface area contributed by atoms with E-state index in [0.717, 1.165) is 21.8 Å². The van der Waals surface area contributed by atoms with E-state index in [1.54, 1.807) is 18.2 Å². The van der Waals surface area contributed by atoms with Gasteiger partial charge in [0.2, 0.25) is 5.91 Å². The number of aryl methyl sites for hydroxylation is 1. The molecule has 1 aromatic heterocycles. The van der Waals surface area contributed by atoms with E-state index in [-0.39, 0.29) is 11.7 Å². The van der Waals surface area contributed by atoms with Crippen LogP contribution in [0.2, 0.25) is 0 Å². The summed E-state index contributed by atoms with van der Waals surface area (Å²) in [6.45, 7) is -0.982. The zero-order valence-corrected chi connectivity index (χ0v) is 15.8. The van der Waals surface area contributed by atoms with Gasteiger partial charge in [-0.05, 0) is 36.3 Å². The number of alkyl halides is 2. The molecule has 7 heteroatoms. The molecule has 1 heterocycles. The number of nitrogens with one attached hydrogen (secondary N) is 1.